The van der Waals surface area contributed by atoms with Gasteiger partial charge < -0.3 is 5.32 Å². The van der Waals surface area contributed by atoms with E-state index in [1.165, 1.54) is 11.8 Å². The van der Waals surface area contributed by atoms with Crippen LogP contribution in [0.3, 0.4) is 0 Å². The lowest BCUT2D eigenvalue weighted by atomic mass is 9.99. The molecule has 1 unspecified atom stereocenters. The molecule has 1 N–H and O–H groups in total. The molecule has 7 heteroatoms. The van der Waals surface area contributed by atoms with Gasteiger partial charge in [0, 0.05) is 15.8 Å². The van der Waals surface area contributed by atoms with Gasteiger partial charge in [0.25, 0.3) is 0 Å². The predicted octanol–water partition coefficient (Wildman–Crippen LogP) is 4.00. The van der Waals surface area contributed by atoms with Gasteiger partial charge in [-0.15, -0.1) is 0 Å². The van der Waals surface area contributed by atoms with Gasteiger partial charge in [0.05, 0.1) is 17.5 Å². The second-order valence-electron chi connectivity index (χ2n) is 8.70. The van der Waals surface area contributed by atoms with E-state index in [0.29, 0.717) is 10.9 Å². The number of anilines is 1. The lowest BCUT2D eigenvalue weighted by molar-refractivity contribution is -0.117. The second-order valence-corrected chi connectivity index (χ2v) is 9.61. The first-order valence-corrected chi connectivity index (χ1v) is 12.4. The largest absolute Gasteiger partial charge is 0.324 e. The predicted molar refractivity (Wildman–Crippen MR) is 139 cm³/mol. The number of carbonyl (C=O) groups is 2. The number of nitrogens with one attached hydrogen (secondary N) is 1. The van der Waals surface area contributed by atoms with Gasteiger partial charge in [-0.25, -0.2) is 0 Å². The zero-order chi connectivity index (χ0) is 24.5. The van der Waals surface area contributed by atoms with Crippen LogP contribution >= 0.6 is 11.8 Å². The molecular formula is C28H24N4O2S. The van der Waals surface area contributed by atoms with E-state index in [2.05, 4.69) is 41.8 Å². The molecule has 5 rings (SSSR count). The number of Topliss-reactive ketones (excluding diaryl/α,β-unsaturated/α-hetero) is 1. The number of fused-ring (bicyclic) bond motifs is 2. The van der Waals surface area contributed by atoms with Gasteiger partial charge in [-0.3, -0.25) is 14.3 Å². The van der Waals surface area contributed by atoms with Crippen LogP contribution in [-0.2, 0) is 4.79 Å². The van der Waals surface area contributed by atoms with E-state index in [4.69, 9.17) is 5.10 Å². The van der Waals surface area contributed by atoms with Crippen molar-refractivity contribution in [2.24, 2.45) is 5.92 Å². The Kier molecular flexibility index (Phi) is 6.14. The van der Waals surface area contributed by atoms with E-state index in [9.17, 15) is 14.9 Å². The van der Waals surface area contributed by atoms with Crippen LogP contribution in [0.25, 0.3) is 11.0 Å². The number of allylic oxidation sites excluding steroid dienone is 8. The highest BCUT2D eigenvalue weighted by Gasteiger charge is 2.33. The summed E-state index contributed by atoms with van der Waals surface area (Å²) in [6.45, 7) is 3.75. The molecule has 174 valence electrons. The Hall–Kier alpha value is -3.89. The van der Waals surface area contributed by atoms with Crippen molar-refractivity contribution in [1.82, 2.24) is 9.78 Å². The van der Waals surface area contributed by atoms with E-state index in [1.54, 1.807) is 0 Å². The molecule has 0 radical (unpaired) electrons. The van der Waals surface area contributed by atoms with Crippen LogP contribution in [0.15, 0.2) is 65.6 Å². The van der Waals surface area contributed by atoms with Gasteiger partial charge in [-0.2, -0.15) is 10.4 Å². The third-order valence-electron chi connectivity index (χ3n) is 6.38. The summed E-state index contributed by atoms with van der Waals surface area (Å²) in [5, 5.41) is 20.8. The molecule has 6 nitrogen and oxygen atoms in total. The first-order chi connectivity index (χ1) is 17.0. The molecule has 0 spiro atoms. The summed E-state index contributed by atoms with van der Waals surface area (Å²) in [4.78, 5) is 27.9. The molecule has 1 aromatic heterocycles. The van der Waals surface area contributed by atoms with Gasteiger partial charge in [0.15, 0.2) is 5.92 Å². The van der Waals surface area contributed by atoms with Crippen LogP contribution in [0, 0.1) is 31.1 Å². The van der Waals surface area contributed by atoms with Gasteiger partial charge >= 0.3 is 0 Å². The number of carbonyl (C=O) groups excluding carboxylic acids is 2. The summed E-state index contributed by atoms with van der Waals surface area (Å²) in [5.41, 5.74) is 3.61. The number of hydrogen-bond acceptors (Lipinski definition) is 5. The number of amides is 1. The Morgan fingerprint density at radius 2 is 1.94 bits per heavy atom. The first-order valence-electron chi connectivity index (χ1n) is 11.5. The minimum atomic E-state index is -1.51. The fourth-order valence-electron chi connectivity index (χ4n) is 4.57. The monoisotopic (exact) mass is 480 g/mol. The zero-order valence-electron chi connectivity index (χ0n) is 19.5. The number of para-hydroxylation sites is 1. The highest BCUT2D eigenvalue weighted by Crippen LogP contribution is 2.33. The minimum absolute atomic E-state index is 0.140. The fourth-order valence-corrected chi connectivity index (χ4v) is 5.52. The van der Waals surface area contributed by atoms with Gasteiger partial charge in [0.1, 0.15) is 5.69 Å². The molecule has 0 bridgehead atoms. The number of nitriles is 1. The average molecular weight is 481 g/mol. The van der Waals surface area contributed by atoms with Crippen molar-refractivity contribution in [2.75, 3.05) is 5.32 Å². The van der Waals surface area contributed by atoms with E-state index in [1.807, 2.05) is 54.3 Å². The standard InChI is InChI=1S/C28H24N4O2S/c1-17-9-8-10-18(2)24(17)30-28(34)21(15-29)27(33)25-22-16-35-23-14-7-6-13-20(23)26(22)32(31-25)19-11-4-3-5-12-19/h4-12,14,16,19,21H,3,13H2,1-2H3,(H,30,34). The molecule has 0 saturated heterocycles. The third kappa shape index (κ3) is 4.11. The van der Waals surface area contributed by atoms with Gasteiger partial charge in [-0.05, 0) is 54.9 Å². The zero-order valence-corrected chi connectivity index (χ0v) is 20.3. The normalized spacial score (nSPS) is 17.1. The Bertz CT molecular complexity index is 1500. The molecule has 1 aliphatic heterocycles. The maximum atomic E-state index is 13.6. The molecule has 0 saturated carbocycles. The number of benzene rings is 1. The molecule has 1 atom stereocenters. The SMILES string of the molecule is Cc1cccc(C)c1NC(=O)C(C#N)C(=O)c1nn(C2C=CCC=C2)c2c1=CSC1=CC=CCC=21. The molecule has 1 amide bonds. The number of rotatable bonds is 5. The van der Waals surface area contributed by atoms with E-state index >= 15 is 0 Å². The van der Waals surface area contributed by atoms with Gasteiger partial charge in [-0.1, -0.05) is 66.4 Å². The second kappa shape index (κ2) is 9.40. The van der Waals surface area contributed by atoms with E-state index < -0.39 is 17.6 Å². The summed E-state index contributed by atoms with van der Waals surface area (Å²) in [5.74, 6) is -2.75. The maximum Gasteiger partial charge on any atom is 0.249 e. The van der Waals surface area contributed by atoms with Crippen LogP contribution in [0.4, 0.5) is 5.69 Å². The van der Waals surface area contributed by atoms with E-state index in [-0.39, 0.29) is 11.7 Å². The Morgan fingerprint density at radius 3 is 2.66 bits per heavy atom. The van der Waals surface area contributed by atoms with Crippen molar-refractivity contribution in [3.8, 4) is 6.07 Å². The summed E-state index contributed by atoms with van der Waals surface area (Å²) < 4.78 is 1.85. The summed E-state index contributed by atoms with van der Waals surface area (Å²) in [6, 6.07) is 7.43. The third-order valence-corrected chi connectivity index (χ3v) is 7.37. The summed E-state index contributed by atoms with van der Waals surface area (Å²) in [6.07, 6.45) is 16.0. The van der Waals surface area contributed by atoms with Crippen molar-refractivity contribution < 1.29 is 9.59 Å². The number of thioether (sulfide) groups is 1. The number of hydrogen-bond donors (Lipinski definition) is 1. The molecule has 2 aromatic rings. The number of aryl methyl sites for hydroxylation is 2. The molecule has 2 aliphatic carbocycles. The fraction of sp³-hybridized carbons (Fsp3) is 0.214. The molecular weight excluding hydrogens is 456 g/mol. The topological polar surface area (TPSA) is 87.8 Å². The van der Waals surface area contributed by atoms with Crippen molar-refractivity contribution in [2.45, 2.75) is 32.7 Å². The first kappa shape index (κ1) is 22.9. The maximum absolute atomic E-state index is 13.6. The lowest BCUT2D eigenvalue weighted by Gasteiger charge is -2.18. The minimum Gasteiger partial charge on any atom is -0.324 e. The smallest absolute Gasteiger partial charge is 0.249 e. The van der Waals surface area contributed by atoms with Crippen LogP contribution < -0.4 is 15.9 Å². The Balaban J connectivity index is 1.59. The molecule has 2 heterocycles. The summed E-state index contributed by atoms with van der Waals surface area (Å²) in [7, 11) is 0. The molecule has 3 aliphatic rings. The number of ketones is 1. The Morgan fingerprint density at radius 1 is 1.20 bits per heavy atom. The van der Waals surface area contributed by atoms with Crippen LogP contribution in [0.2, 0.25) is 0 Å². The van der Waals surface area contributed by atoms with E-state index in [0.717, 1.165) is 39.8 Å². The van der Waals surface area contributed by atoms with Crippen LogP contribution in [0.5, 0.6) is 0 Å². The molecule has 35 heavy (non-hydrogen) atoms. The highest BCUT2D eigenvalue weighted by molar-refractivity contribution is 8.10. The average Bonchev–Trinajstić information content (AvgIpc) is 3.27. The van der Waals surface area contributed by atoms with Crippen molar-refractivity contribution in [3.63, 3.8) is 0 Å². The van der Waals surface area contributed by atoms with Crippen LogP contribution in [-0.4, -0.2) is 21.5 Å². The van der Waals surface area contributed by atoms with Crippen molar-refractivity contribution >= 4 is 40.1 Å². The van der Waals surface area contributed by atoms with Crippen molar-refractivity contribution in [1.29, 1.82) is 5.26 Å². The summed E-state index contributed by atoms with van der Waals surface area (Å²) >= 11 is 1.54. The lowest BCUT2D eigenvalue weighted by Crippen LogP contribution is -2.38. The quantitative estimate of drug-likeness (QED) is 0.397. The number of aromatic nitrogens is 2. The highest BCUT2D eigenvalue weighted by atomic mass is 32.2. The molecule has 0 fully saturated rings. The van der Waals surface area contributed by atoms with Crippen molar-refractivity contribution in [3.05, 3.63) is 93.0 Å². The van der Waals surface area contributed by atoms with Gasteiger partial charge in [0.2, 0.25) is 11.7 Å². The number of nitrogens with zero attached hydrogens (tertiary/aromatic N) is 3. The molecule has 1 aromatic carbocycles. The Labute approximate surface area is 207 Å². The van der Waals surface area contributed by atoms with Crippen LogP contribution in [0.1, 0.15) is 40.5 Å².